The number of fused-ring (bicyclic) bond motifs is 1. The van der Waals surface area contributed by atoms with Crippen molar-refractivity contribution in [3.8, 4) is 0 Å². The Morgan fingerprint density at radius 2 is 1.79 bits per heavy atom. The maximum atomic E-state index is 12.6. The standard InChI is InChI=1S/C19H19N5O4.CH4/c1-21-15-7-3-2-5-13(15)16(17(19(21)26)24(27)28)22-9-11-23(12-10-22)18(25)14-6-4-8-20-14;/h2-8,20H,9-12H2,1H3;1H4. The number of para-hydroxylation sites is 1. The molecule has 9 heteroatoms. The molecule has 1 fully saturated rings. The molecule has 1 N–H and O–H groups in total. The Morgan fingerprint density at radius 3 is 2.41 bits per heavy atom. The normalized spacial score (nSPS) is 14.0. The molecule has 2 aromatic heterocycles. The van der Waals surface area contributed by atoms with E-state index in [2.05, 4.69) is 4.98 Å². The van der Waals surface area contributed by atoms with Crippen LogP contribution in [-0.4, -0.2) is 51.5 Å². The Hall–Kier alpha value is -3.62. The molecule has 0 atom stereocenters. The Bertz CT molecular complexity index is 1110. The summed E-state index contributed by atoms with van der Waals surface area (Å²) in [5.74, 6) is -0.104. The lowest BCUT2D eigenvalue weighted by molar-refractivity contribution is -0.385. The minimum absolute atomic E-state index is 0. The van der Waals surface area contributed by atoms with Crippen molar-refractivity contribution in [1.82, 2.24) is 14.5 Å². The Balaban J connectivity index is 0.00000240. The van der Waals surface area contributed by atoms with Crippen LogP contribution in [0.25, 0.3) is 10.9 Å². The van der Waals surface area contributed by atoms with Gasteiger partial charge in [-0.3, -0.25) is 19.7 Å². The van der Waals surface area contributed by atoms with Crippen molar-refractivity contribution in [3.05, 3.63) is 68.8 Å². The van der Waals surface area contributed by atoms with Crippen molar-refractivity contribution in [3.63, 3.8) is 0 Å². The quantitative estimate of drug-likeness (QED) is 0.540. The zero-order valence-electron chi connectivity index (χ0n) is 15.3. The highest BCUT2D eigenvalue weighted by atomic mass is 16.6. The number of carbonyl (C=O) groups is 1. The number of nitrogens with zero attached hydrogens (tertiary/aromatic N) is 4. The van der Waals surface area contributed by atoms with Crippen LogP contribution in [0.4, 0.5) is 11.4 Å². The average molecular weight is 397 g/mol. The van der Waals surface area contributed by atoms with E-state index in [0.29, 0.717) is 48.5 Å². The second-order valence-corrected chi connectivity index (χ2v) is 6.70. The van der Waals surface area contributed by atoms with Crippen LogP contribution in [0, 0.1) is 10.1 Å². The average Bonchev–Trinajstić information content (AvgIpc) is 3.25. The van der Waals surface area contributed by atoms with E-state index >= 15 is 0 Å². The molecule has 29 heavy (non-hydrogen) atoms. The summed E-state index contributed by atoms with van der Waals surface area (Å²) in [4.78, 5) is 42.7. The molecule has 0 saturated carbocycles. The van der Waals surface area contributed by atoms with Crippen LogP contribution in [0.3, 0.4) is 0 Å². The van der Waals surface area contributed by atoms with Gasteiger partial charge in [0.25, 0.3) is 5.91 Å². The Labute approximate surface area is 167 Å². The highest BCUT2D eigenvalue weighted by Gasteiger charge is 2.31. The second kappa shape index (κ2) is 7.78. The summed E-state index contributed by atoms with van der Waals surface area (Å²) in [5.41, 5.74) is 0.418. The number of carbonyl (C=O) groups excluding carboxylic acids is 1. The molecule has 1 saturated heterocycles. The first-order valence-corrected chi connectivity index (χ1v) is 8.92. The lowest BCUT2D eigenvalue weighted by Gasteiger charge is -2.36. The molecular weight excluding hydrogens is 374 g/mol. The molecule has 3 aromatic rings. The monoisotopic (exact) mass is 397 g/mol. The molecule has 3 heterocycles. The lowest BCUT2D eigenvalue weighted by atomic mass is 10.1. The van der Waals surface area contributed by atoms with Crippen LogP contribution >= 0.6 is 0 Å². The third-order valence-electron chi connectivity index (χ3n) is 5.15. The number of pyridine rings is 1. The SMILES string of the molecule is C.Cn1c(=O)c([N+](=O)[O-])c(N2CCN(C(=O)c3ccc[nH]3)CC2)c2ccccc21. The van der Waals surface area contributed by atoms with Crippen LogP contribution in [0.2, 0.25) is 0 Å². The number of aromatic amines is 1. The summed E-state index contributed by atoms with van der Waals surface area (Å²) in [6.45, 7) is 1.64. The number of hydrogen-bond donors (Lipinski definition) is 1. The molecular formula is C20H23N5O4. The molecule has 0 spiro atoms. The number of nitrogens with one attached hydrogen (secondary N) is 1. The van der Waals surface area contributed by atoms with Crippen molar-refractivity contribution in [2.45, 2.75) is 7.43 Å². The maximum absolute atomic E-state index is 12.6. The number of anilines is 1. The smallest absolute Gasteiger partial charge is 0.357 e. The first-order chi connectivity index (χ1) is 13.5. The van der Waals surface area contributed by atoms with Crippen LogP contribution in [-0.2, 0) is 7.05 Å². The zero-order chi connectivity index (χ0) is 19.8. The second-order valence-electron chi connectivity index (χ2n) is 6.70. The van der Waals surface area contributed by atoms with E-state index in [1.54, 1.807) is 47.5 Å². The predicted molar refractivity (Wildman–Crippen MR) is 111 cm³/mol. The van der Waals surface area contributed by atoms with Gasteiger partial charge in [-0.2, -0.15) is 0 Å². The van der Waals surface area contributed by atoms with Crippen LogP contribution in [0.15, 0.2) is 47.4 Å². The van der Waals surface area contributed by atoms with Crippen molar-refractivity contribution in [1.29, 1.82) is 0 Å². The molecule has 4 rings (SSSR count). The number of H-pyrrole nitrogens is 1. The van der Waals surface area contributed by atoms with Crippen LogP contribution in [0.5, 0.6) is 0 Å². The van der Waals surface area contributed by atoms with E-state index in [-0.39, 0.29) is 13.3 Å². The van der Waals surface area contributed by atoms with Gasteiger partial charge < -0.3 is 19.4 Å². The van der Waals surface area contributed by atoms with Crippen molar-refractivity contribution in [2.75, 3.05) is 31.1 Å². The number of aryl methyl sites for hydroxylation is 1. The largest absolute Gasteiger partial charge is 0.362 e. The van der Waals surface area contributed by atoms with E-state index in [4.69, 9.17) is 0 Å². The zero-order valence-corrected chi connectivity index (χ0v) is 15.3. The van der Waals surface area contributed by atoms with Gasteiger partial charge in [0.1, 0.15) is 11.4 Å². The summed E-state index contributed by atoms with van der Waals surface area (Å²) in [6.07, 6.45) is 1.69. The predicted octanol–water partition coefficient (Wildman–Crippen LogP) is 2.37. The Morgan fingerprint density at radius 1 is 1.10 bits per heavy atom. The van der Waals surface area contributed by atoms with Gasteiger partial charge in [-0.15, -0.1) is 0 Å². The van der Waals surface area contributed by atoms with E-state index in [1.165, 1.54) is 11.6 Å². The highest BCUT2D eigenvalue weighted by Crippen LogP contribution is 2.33. The number of amides is 1. The molecule has 0 aliphatic carbocycles. The van der Waals surface area contributed by atoms with Gasteiger partial charge in [0, 0.05) is 44.8 Å². The first-order valence-electron chi connectivity index (χ1n) is 8.92. The van der Waals surface area contributed by atoms with Gasteiger partial charge in [-0.25, -0.2) is 0 Å². The number of benzene rings is 1. The molecule has 152 valence electrons. The molecule has 1 aliphatic rings. The van der Waals surface area contributed by atoms with E-state index in [1.807, 2.05) is 4.90 Å². The van der Waals surface area contributed by atoms with Crippen molar-refractivity contribution in [2.24, 2.45) is 7.05 Å². The number of piperazine rings is 1. The fraction of sp³-hybridized carbons (Fsp3) is 0.300. The fourth-order valence-electron chi connectivity index (χ4n) is 3.71. The molecule has 0 unspecified atom stereocenters. The van der Waals surface area contributed by atoms with Gasteiger partial charge in [0.15, 0.2) is 0 Å². The van der Waals surface area contributed by atoms with Gasteiger partial charge in [-0.05, 0) is 18.2 Å². The fourth-order valence-corrected chi connectivity index (χ4v) is 3.71. The third-order valence-corrected chi connectivity index (χ3v) is 5.15. The number of nitro groups is 1. The summed E-state index contributed by atoms with van der Waals surface area (Å²) >= 11 is 0. The highest BCUT2D eigenvalue weighted by molar-refractivity contribution is 5.97. The molecule has 1 aliphatic heterocycles. The van der Waals surface area contributed by atoms with Crippen LogP contribution in [0.1, 0.15) is 17.9 Å². The van der Waals surface area contributed by atoms with E-state index in [9.17, 15) is 19.7 Å². The molecule has 0 radical (unpaired) electrons. The van der Waals surface area contributed by atoms with Gasteiger partial charge >= 0.3 is 11.2 Å². The number of hydrogen-bond acceptors (Lipinski definition) is 5. The minimum atomic E-state index is -0.636. The van der Waals surface area contributed by atoms with Gasteiger partial charge in [0.2, 0.25) is 0 Å². The van der Waals surface area contributed by atoms with E-state index in [0.717, 1.165) is 0 Å². The third kappa shape index (κ3) is 3.35. The summed E-state index contributed by atoms with van der Waals surface area (Å²) in [6, 6.07) is 10.6. The van der Waals surface area contributed by atoms with Gasteiger partial charge in [0.05, 0.1) is 10.4 Å². The molecule has 0 bridgehead atoms. The molecule has 9 nitrogen and oxygen atoms in total. The maximum Gasteiger partial charge on any atom is 0.357 e. The Kier molecular flexibility index (Phi) is 5.40. The lowest BCUT2D eigenvalue weighted by Crippen LogP contribution is -2.49. The minimum Gasteiger partial charge on any atom is -0.362 e. The summed E-state index contributed by atoms with van der Waals surface area (Å²) < 4.78 is 1.31. The summed E-state index contributed by atoms with van der Waals surface area (Å²) in [5, 5.41) is 12.4. The van der Waals surface area contributed by atoms with Crippen LogP contribution < -0.4 is 10.5 Å². The van der Waals surface area contributed by atoms with E-state index < -0.39 is 16.2 Å². The van der Waals surface area contributed by atoms with Gasteiger partial charge in [-0.1, -0.05) is 25.6 Å². The van der Waals surface area contributed by atoms with Crippen molar-refractivity contribution >= 4 is 28.2 Å². The summed E-state index contributed by atoms with van der Waals surface area (Å²) in [7, 11) is 1.54. The number of rotatable bonds is 3. The first kappa shape index (κ1) is 20.1. The van der Waals surface area contributed by atoms with Crippen molar-refractivity contribution < 1.29 is 9.72 Å². The molecule has 1 amide bonds. The topological polar surface area (TPSA) is 104 Å². The molecule has 1 aromatic carbocycles. The number of aromatic nitrogens is 2.